The van der Waals surface area contributed by atoms with Crippen LogP contribution >= 0.6 is 0 Å². The summed E-state index contributed by atoms with van der Waals surface area (Å²) in [6, 6.07) is 8.22. The highest BCUT2D eigenvalue weighted by Crippen LogP contribution is 2.24. The second kappa shape index (κ2) is 5.57. The van der Waals surface area contributed by atoms with Crippen molar-refractivity contribution < 1.29 is 9.90 Å². The van der Waals surface area contributed by atoms with Gasteiger partial charge >= 0.3 is 5.97 Å². The molecule has 1 aliphatic heterocycles. The molecule has 0 saturated heterocycles. The van der Waals surface area contributed by atoms with E-state index in [1.54, 1.807) is 11.7 Å². The highest BCUT2D eigenvalue weighted by atomic mass is 16.4. The summed E-state index contributed by atoms with van der Waals surface area (Å²) in [6.07, 6.45) is 1.42. The fourth-order valence-electron chi connectivity index (χ4n) is 2.70. The van der Waals surface area contributed by atoms with Crippen LogP contribution in [-0.4, -0.2) is 33.9 Å². The second-order valence-electron chi connectivity index (χ2n) is 5.16. The van der Waals surface area contributed by atoms with Crippen LogP contribution in [0.4, 0.5) is 5.69 Å². The summed E-state index contributed by atoms with van der Waals surface area (Å²) in [7, 11) is 1.78. The molecular weight excluding hydrogens is 268 g/mol. The smallest absolute Gasteiger partial charge is 0.339 e. The van der Waals surface area contributed by atoms with Crippen LogP contribution in [0.1, 0.15) is 21.6 Å². The van der Waals surface area contributed by atoms with E-state index in [9.17, 15) is 9.90 Å². The number of nitrogens with one attached hydrogen (secondary N) is 1. The molecule has 0 radical (unpaired) electrons. The predicted octanol–water partition coefficient (Wildman–Crippen LogP) is 1.23. The van der Waals surface area contributed by atoms with Gasteiger partial charge in [0.05, 0.1) is 18.4 Å². The number of nitrogens with zero attached hydrogens (tertiary/aromatic N) is 3. The Bertz CT molecular complexity index is 665. The maximum absolute atomic E-state index is 11.3. The van der Waals surface area contributed by atoms with Gasteiger partial charge in [0.15, 0.2) is 0 Å². The van der Waals surface area contributed by atoms with Crippen molar-refractivity contribution in [1.29, 1.82) is 0 Å². The summed E-state index contributed by atoms with van der Waals surface area (Å²) in [6.45, 7) is 3.08. The van der Waals surface area contributed by atoms with Crippen LogP contribution in [0.5, 0.6) is 0 Å². The summed E-state index contributed by atoms with van der Waals surface area (Å²) in [5.74, 6) is -0.931. The van der Waals surface area contributed by atoms with Crippen molar-refractivity contribution in [1.82, 2.24) is 15.1 Å². The number of carboxylic acid groups (broad SMARTS) is 1. The number of para-hydroxylation sites is 1. The molecule has 0 spiro atoms. The zero-order valence-corrected chi connectivity index (χ0v) is 11.9. The van der Waals surface area contributed by atoms with E-state index in [2.05, 4.69) is 27.4 Å². The number of hydrogen-bond acceptors (Lipinski definition) is 4. The van der Waals surface area contributed by atoms with Crippen LogP contribution in [0.15, 0.2) is 30.5 Å². The molecule has 0 amide bonds. The molecule has 1 aromatic carbocycles. The topological polar surface area (TPSA) is 70.4 Å². The molecule has 2 heterocycles. The van der Waals surface area contributed by atoms with Gasteiger partial charge in [-0.25, -0.2) is 4.79 Å². The zero-order valence-electron chi connectivity index (χ0n) is 11.9. The molecule has 0 fully saturated rings. The van der Waals surface area contributed by atoms with Crippen LogP contribution < -0.4 is 10.2 Å². The Kier molecular flexibility index (Phi) is 3.62. The van der Waals surface area contributed by atoms with Gasteiger partial charge in [0.1, 0.15) is 5.56 Å². The minimum atomic E-state index is -0.931. The standard InChI is InChI=1S/C15H18N4O2/c1-18-14(12(9-17-18)15(20)21)10-19-7-6-16-8-11-4-2-3-5-13(11)19/h2-5,9,16H,6-8,10H2,1H3,(H,20,21). The van der Waals surface area contributed by atoms with E-state index in [0.29, 0.717) is 6.54 Å². The Hall–Kier alpha value is -2.34. The molecule has 6 nitrogen and oxygen atoms in total. The van der Waals surface area contributed by atoms with E-state index < -0.39 is 5.97 Å². The Labute approximate surface area is 123 Å². The fourth-order valence-corrected chi connectivity index (χ4v) is 2.70. The Morgan fingerprint density at radius 1 is 1.43 bits per heavy atom. The first-order valence-corrected chi connectivity index (χ1v) is 6.94. The van der Waals surface area contributed by atoms with Gasteiger partial charge in [-0.1, -0.05) is 18.2 Å². The van der Waals surface area contributed by atoms with Crippen molar-refractivity contribution in [3.05, 3.63) is 47.3 Å². The molecular formula is C15H18N4O2. The fraction of sp³-hybridized carbons (Fsp3) is 0.333. The number of anilines is 1. The molecule has 1 aromatic heterocycles. The van der Waals surface area contributed by atoms with Crippen LogP contribution in [0.2, 0.25) is 0 Å². The van der Waals surface area contributed by atoms with Crippen LogP contribution in [0, 0.1) is 0 Å². The molecule has 0 saturated carbocycles. The van der Waals surface area contributed by atoms with Gasteiger partial charge in [0.2, 0.25) is 0 Å². The number of fused-ring (bicyclic) bond motifs is 1. The quantitative estimate of drug-likeness (QED) is 0.888. The lowest BCUT2D eigenvalue weighted by Gasteiger charge is -2.24. The van der Waals surface area contributed by atoms with E-state index in [4.69, 9.17) is 0 Å². The molecule has 3 rings (SSSR count). The van der Waals surface area contributed by atoms with E-state index in [-0.39, 0.29) is 5.56 Å². The van der Waals surface area contributed by atoms with Crippen LogP contribution in [0.25, 0.3) is 0 Å². The third kappa shape index (κ3) is 2.62. The van der Waals surface area contributed by atoms with Crippen molar-refractivity contribution in [2.75, 3.05) is 18.0 Å². The molecule has 2 N–H and O–H groups in total. The van der Waals surface area contributed by atoms with Crippen LogP contribution in [0.3, 0.4) is 0 Å². The van der Waals surface area contributed by atoms with Gasteiger partial charge in [0.25, 0.3) is 0 Å². The maximum Gasteiger partial charge on any atom is 0.339 e. The lowest BCUT2D eigenvalue weighted by Crippen LogP contribution is -2.29. The zero-order chi connectivity index (χ0) is 14.8. The number of aromatic nitrogens is 2. The Morgan fingerprint density at radius 2 is 2.24 bits per heavy atom. The lowest BCUT2D eigenvalue weighted by atomic mass is 10.1. The first kappa shape index (κ1) is 13.6. The van der Waals surface area contributed by atoms with Gasteiger partial charge in [0, 0.05) is 32.4 Å². The monoisotopic (exact) mass is 286 g/mol. The Balaban J connectivity index is 1.95. The molecule has 6 heteroatoms. The highest BCUT2D eigenvalue weighted by Gasteiger charge is 2.20. The summed E-state index contributed by atoms with van der Waals surface area (Å²) in [5, 5.41) is 16.7. The third-order valence-corrected chi connectivity index (χ3v) is 3.84. The highest BCUT2D eigenvalue weighted by molar-refractivity contribution is 5.88. The number of carboxylic acids is 1. The number of benzene rings is 1. The van der Waals surface area contributed by atoms with Gasteiger partial charge in [-0.15, -0.1) is 0 Å². The molecule has 21 heavy (non-hydrogen) atoms. The first-order valence-electron chi connectivity index (χ1n) is 6.94. The second-order valence-corrected chi connectivity index (χ2v) is 5.16. The summed E-state index contributed by atoms with van der Waals surface area (Å²) in [5.41, 5.74) is 3.38. The SMILES string of the molecule is Cn1ncc(C(=O)O)c1CN1CCNCc2ccccc21. The summed E-state index contributed by atoms with van der Waals surface area (Å²) in [4.78, 5) is 13.5. The average Bonchev–Trinajstić information content (AvgIpc) is 2.71. The number of carbonyl (C=O) groups is 1. The van der Waals surface area contributed by atoms with Gasteiger partial charge in [-0.05, 0) is 11.6 Å². The number of hydrogen-bond donors (Lipinski definition) is 2. The number of aromatic carboxylic acids is 1. The van der Waals surface area contributed by atoms with Crippen molar-refractivity contribution in [3.8, 4) is 0 Å². The van der Waals surface area contributed by atoms with E-state index >= 15 is 0 Å². The molecule has 1 aliphatic rings. The van der Waals surface area contributed by atoms with E-state index in [0.717, 1.165) is 31.0 Å². The number of rotatable bonds is 3. The normalized spacial score (nSPS) is 14.6. The number of aryl methyl sites for hydroxylation is 1. The molecule has 0 bridgehead atoms. The predicted molar refractivity (Wildman–Crippen MR) is 79.4 cm³/mol. The van der Waals surface area contributed by atoms with E-state index in [1.807, 2.05) is 12.1 Å². The molecule has 0 unspecified atom stereocenters. The average molecular weight is 286 g/mol. The van der Waals surface area contributed by atoms with Crippen molar-refractivity contribution >= 4 is 11.7 Å². The minimum Gasteiger partial charge on any atom is -0.478 e. The lowest BCUT2D eigenvalue weighted by molar-refractivity contribution is 0.0695. The van der Waals surface area contributed by atoms with Crippen LogP contribution in [-0.2, 0) is 20.1 Å². The largest absolute Gasteiger partial charge is 0.478 e. The molecule has 110 valence electrons. The Morgan fingerprint density at radius 3 is 3.05 bits per heavy atom. The van der Waals surface area contributed by atoms with E-state index in [1.165, 1.54) is 11.8 Å². The first-order chi connectivity index (χ1) is 10.2. The van der Waals surface area contributed by atoms with Crippen molar-refractivity contribution in [2.45, 2.75) is 13.1 Å². The summed E-state index contributed by atoms with van der Waals surface area (Å²) < 4.78 is 1.64. The van der Waals surface area contributed by atoms with Gasteiger partial charge < -0.3 is 15.3 Å². The molecule has 0 atom stereocenters. The molecule has 2 aromatic rings. The van der Waals surface area contributed by atoms with Crippen molar-refractivity contribution in [3.63, 3.8) is 0 Å². The summed E-state index contributed by atoms with van der Waals surface area (Å²) >= 11 is 0. The van der Waals surface area contributed by atoms with Crippen molar-refractivity contribution in [2.24, 2.45) is 7.05 Å². The third-order valence-electron chi connectivity index (χ3n) is 3.84. The van der Waals surface area contributed by atoms with Gasteiger partial charge in [-0.3, -0.25) is 4.68 Å². The molecule has 0 aliphatic carbocycles. The minimum absolute atomic E-state index is 0.271. The van der Waals surface area contributed by atoms with Gasteiger partial charge in [-0.2, -0.15) is 5.10 Å². The maximum atomic E-state index is 11.3.